The third kappa shape index (κ3) is 4.23. The zero-order chi connectivity index (χ0) is 18.7. The topological polar surface area (TPSA) is 51.0 Å². The van der Waals surface area contributed by atoms with Gasteiger partial charge >= 0.3 is 0 Å². The monoisotopic (exact) mass is 380 g/mol. The minimum Gasteiger partial charge on any atom is -0.297 e. The fourth-order valence-electron chi connectivity index (χ4n) is 2.80. The molecule has 2 aromatic heterocycles. The van der Waals surface area contributed by atoms with E-state index < -0.39 is 11.8 Å². The second kappa shape index (κ2) is 7.73. The number of rotatable bonds is 8. The van der Waals surface area contributed by atoms with Crippen molar-refractivity contribution < 1.29 is 13.6 Å². The van der Waals surface area contributed by atoms with E-state index in [1.54, 1.807) is 29.0 Å². The van der Waals surface area contributed by atoms with Gasteiger partial charge in [0.25, 0.3) is 5.92 Å². The molecule has 1 atom stereocenters. The lowest BCUT2D eigenvalue weighted by Crippen LogP contribution is -2.32. The fraction of sp³-hybridized carbons (Fsp3) is 0.500. The average Bonchev–Trinajstić information content (AvgIpc) is 3.05. The van der Waals surface area contributed by atoms with Gasteiger partial charge in [-0.1, -0.05) is 0 Å². The lowest BCUT2D eigenvalue weighted by Gasteiger charge is -2.20. The quantitative estimate of drug-likeness (QED) is 0.657. The van der Waals surface area contributed by atoms with Crippen molar-refractivity contribution in [1.29, 1.82) is 0 Å². The highest BCUT2D eigenvalue weighted by molar-refractivity contribution is 7.99. The summed E-state index contributed by atoms with van der Waals surface area (Å²) in [6, 6.07) is 5.63. The summed E-state index contributed by atoms with van der Waals surface area (Å²) in [6.45, 7) is 2.43. The first-order valence-corrected chi connectivity index (χ1v) is 9.78. The summed E-state index contributed by atoms with van der Waals surface area (Å²) in [5.41, 5.74) is 1.64. The maximum atomic E-state index is 12.9. The minimum atomic E-state index is -2.48. The fourth-order valence-corrected chi connectivity index (χ4v) is 3.93. The second-order valence-corrected chi connectivity index (χ2v) is 7.53. The number of aryl methyl sites for hydroxylation is 1. The molecule has 1 saturated carbocycles. The lowest BCUT2D eigenvalue weighted by atomic mass is 10.2. The van der Waals surface area contributed by atoms with E-state index >= 15 is 0 Å². The predicted molar refractivity (Wildman–Crippen MR) is 99.5 cm³/mol. The van der Waals surface area contributed by atoms with Crippen LogP contribution < -0.4 is 4.90 Å². The number of thioether (sulfide) groups is 1. The molecule has 3 rings (SSSR count). The number of hydrogen-bond donors (Lipinski definition) is 0. The Morgan fingerprint density at radius 1 is 1.50 bits per heavy atom. The number of amides is 1. The molecule has 1 fully saturated rings. The third-order valence-corrected chi connectivity index (χ3v) is 5.57. The van der Waals surface area contributed by atoms with Gasteiger partial charge in [-0.3, -0.25) is 19.4 Å². The molecule has 0 aromatic carbocycles. The van der Waals surface area contributed by atoms with Gasteiger partial charge < -0.3 is 0 Å². The molecule has 0 radical (unpaired) electrons. The average molecular weight is 380 g/mol. The molecule has 1 aliphatic carbocycles. The summed E-state index contributed by atoms with van der Waals surface area (Å²) in [4.78, 5) is 18.3. The van der Waals surface area contributed by atoms with Crippen molar-refractivity contribution in [3.8, 4) is 11.3 Å². The van der Waals surface area contributed by atoms with E-state index in [-0.39, 0.29) is 12.3 Å². The molecule has 1 aliphatic rings. The van der Waals surface area contributed by atoms with Crippen LogP contribution in [0.15, 0.2) is 30.6 Å². The van der Waals surface area contributed by atoms with Crippen molar-refractivity contribution in [1.82, 2.24) is 14.8 Å². The number of hydrogen-bond acceptors (Lipinski definition) is 4. The van der Waals surface area contributed by atoms with Crippen molar-refractivity contribution in [2.45, 2.75) is 25.7 Å². The molecule has 1 unspecified atom stereocenters. The van der Waals surface area contributed by atoms with Gasteiger partial charge in [0.15, 0.2) is 0 Å². The van der Waals surface area contributed by atoms with Crippen LogP contribution in [0.25, 0.3) is 11.3 Å². The van der Waals surface area contributed by atoms with Gasteiger partial charge in [-0.2, -0.15) is 16.9 Å². The smallest absolute Gasteiger partial charge is 0.252 e. The number of carbonyl (C=O) groups is 1. The number of aromatic nitrogens is 3. The van der Waals surface area contributed by atoms with Crippen LogP contribution in [0, 0.1) is 5.92 Å². The van der Waals surface area contributed by atoms with Gasteiger partial charge in [0.05, 0.1) is 5.69 Å². The maximum Gasteiger partial charge on any atom is 0.252 e. The molecule has 0 N–H and O–H groups in total. The molecule has 8 heteroatoms. The van der Waals surface area contributed by atoms with Crippen LogP contribution in [-0.4, -0.2) is 44.6 Å². The van der Waals surface area contributed by atoms with Crippen LogP contribution >= 0.6 is 11.8 Å². The van der Waals surface area contributed by atoms with Crippen LogP contribution in [-0.2, 0) is 11.8 Å². The molecule has 0 bridgehead atoms. The largest absolute Gasteiger partial charge is 0.297 e. The molecule has 0 aliphatic heterocycles. The van der Waals surface area contributed by atoms with Gasteiger partial charge in [0.1, 0.15) is 5.82 Å². The molecule has 5 nitrogen and oxygen atoms in total. The molecule has 0 spiro atoms. The number of pyridine rings is 1. The van der Waals surface area contributed by atoms with Crippen LogP contribution in [0.1, 0.15) is 19.8 Å². The standard InChI is InChI=1S/C18H22F2N4OS/c1-3-24(17(25)6-8-26-12-14-10-18(14,19)20)16-9-15(22-23(16)2)13-5-4-7-21-11-13/h4-5,7,9,11,14H,3,6,8,10,12H2,1-2H3. The molecule has 0 saturated heterocycles. The maximum absolute atomic E-state index is 12.9. The Hall–Kier alpha value is -1.96. The number of anilines is 1. The molecular weight excluding hydrogens is 358 g/mol. The number of nitrogens with zero attached hydrogens (tertiary/aromatic N) is 4. The van der Waals surface area contributed by atoms with Crippen molar-refractivity contribution in [3.05, 3.63) is 30.6 Å². The summed E-state index contributed by atoms with van der Waals surface area (Å²) in [5, 5.41) is 4.47. The van der Waals surface area contributed by atoms with Gasteiger partial charge in [0, 0.05) is 67.9 Å². The Balaban J connectivity index is 1.59. The normalized spacial score (nSPS) is 17.9. The van der Waals surface area contributed by atoms with Gasteiger partial charge in [-0.05, 0) is 19.1 Å². The van der Waals surface area contributed by atoms with Gasteiger partial charge in [0.2, 0.25) is 5.91 Å². The van der Waals surface area contributed by atoms with Crippen LogP contribution in [0.2, 0.25) is 0 Å². The highest BCUT2D eigenvalue weighted by Gasteiger charge is 2.56. The van der Waals surface area contributed by atoms with E-state index in [1.165, 1.54) is 11.8 Å². The van der Waals surface area contributed by atoms with Crippen molar-refractivity contribution in [3.63, 3.8) is 0 Å². The van der Waals surface area contributed by atoms with Crippen LogP contribution in [0.4, 0.5) is 14.6 Å². The zero-order valence-corrected chi connectivity index (χ0v) is 15.7. The van der Waals surface area contributed by atoms with E-state index in [9.17, 15) is 13.6 Å². The van der Waals surface area contributed by atoms with Gasteiger partial charge in [-0.25, -0.2) is 8.78 Å². The number of halogens is 2. The summed E-state index contributed by atoms with van der Waals surface area (Å²) in [7, 11) is 1.80. The lowest BCUT2D eigenvalue weighted by molar-refractivity contribution is -0.118. The molecule has 2 heterocycles. The van der Waals surface area contributed by atoms with Crippen molar-refractivity contribution in [2.24, 2.45) is 13.0 Å². The zero-order valence-electron chi connectivity index (χ0n) is 14.9. The van der Waals surface area contributed by atoms with Gasteiger partial charge in [-0.15, -0.1) is 0 Å². The Kier molecular flexibility index (Phi) is 5.60. The molecular formula is C18H22F2N4OS. The van der Waals surface area contributed by atoms with E-state index in [4.69, 9.17) is 0 Å². The minimum absolute atomic E-state index is 0.0127. The summed E-state index contributed by atoms with van der Waals surface area (Å²) >= 11 is 1.43. The summed E-state index contributed by atoms with van der Waals surface area (Å²) in [5.74, 6) is -1.33. The first kappa shape index (κ1) is 18.8. The molecule has 26 heavy (non-hydrogen) atoms. The molecule has 1 amide bonds. The van der Waals surface area contributed by atoms with Crippen molar-refractivity contribution in [2.75, 3.05) is 23.0 Å². The SMILES string of the molecule is CCN(C(=O)CCSCC1CC1(F)F)c1cc(-c2cccnc2)nn1C. The Morgan fingerprint density at radius 2 is 2.27 bits per heavy atom. The van der Waals surface area contributed by atoms with Crippen LogP contribution in [0.5, 0.6) is 0 Å². The predicted octanol–water partition coefficient (Wildman–Crippen LogP) is 3.61. The summed E-state index contributed by atoms with van der Waals surface area (Å²) < 4.78 is 27.4. The highest BCUT2D eigenvalue weighted by atomic mass is 32.2. The first-order valence-electron chi connectivity index (χ1n) is 8.62. The van der Waals surface area contributed by atoms with Crippen LogP contribution in [0.3, 0.4) is 0 Å². The first-order chi connectivity index (χ1) is 12.4. The van der Waals surface area contributed by atoms with E-state index in [0.717, 1.165) is 17.1 Å². The van der Waals surface area contributed by atoms with E-state index in [1.807, 2.05) is 25.1 Å². The second-order valence-electron chi connectivity index (χ2n) is 6.38. The third-order valence-electron chi connectivity index (χ3n) is 4.44. The number of alkyl halides is 2. The summed E-state index contributed by atoms with van der Waals surface area (Å²) in [6.07, 6.45) is 3.74. The van der Waals surface area contributed by atoms with E-state index in [2.05, 4.69) is 10.1 Å². The van der Waals surface area contributed by atoms with Crippen molar-refractivity contribution >= 4 is 23.5 Å². The Labute approximate surface area is 155 Å². The molecule has 2 aromatic rings. The molecule has 140 valence electrons. The number of carbonyl (C=O) groups excluding carboxylic acids is 1. The highest BCUT2D eigenvalue weighted by Crippen LogP contribution is 2.50. The Morgan fingerprint density at radius 3 is 2.88 bits per heavy atom. The van der Waals surface area contributed by atoms with E-state index in [0.29, 0.717) is 24.5 Å². The Bertz CT molecular complexity index is 766.